The molecule has 172 valence electrons. The summed E-state index contributed by atoms with van der Waals surface area (Å²) in [5.41, 5.74) is 2.92. The Bertz CT molecular complexity index is 1240. The quantitative estimate of drug-likeness (QED) is 0.658. The third-order valence-electron chi connectivity index (χ3n) is 6.30. The summed E-state index contributed by atoms with van der Waals surface area (Å²) in [6, 6.07) is 7.31. The van der Waals surface area contributed by atoms with Gasteiger partial charge in [-0.05, 0) is 44.9 Å². The van der Waals surface area contributed by atoms with E-state index in [1.165, 1.54) is 0 Å². The largest absolute Gasteiger partial charge is 0.489 e. The SMILES string of the molecule is CCNC(=O)N1CCOc2cc(Oc3ccnn4cc(C(=O)N5CCC5C)c(C)c34)ccc21. The number of aromatic nitrogens is 2. The van der Waals surface area contributed by atoms with Gasteiger partial charge >= 0.3 is 6.03 Å². The minimum atomic E-state index is -0.149. The molecular weight excluding hydrogens is 422 g/mol. The van der Waals surface area contributed by atoms with Crippen LogP contribution in [0.1, 0.15) is 36.2 Å². The smallest absolute Gasteiger partial charge is 0.322 e. The van der Waals surface area contributed by atoms with E-state index in [0.29, 0.717) is 48.2 Å². The van der Waals surface area contributed by atoms with Crippen LogP contribution in [0.2, 0.25) is 0 Å². The van der Waals surface area contributed by atoms with Gasteiger partial charge in [-0.15, -0.1) is 0 Å². The van der Waals surface area contributed by atoms with Crippen LogP contribution in [-0.4, -0.2) is 58.7 Å². The van der Waals surface area contributed by atoms with Crippen molar-refractivity contribution in [1.29, 1.82) is 0 Å². The predicted octanol–water partition coefficient (Wildman–Crippen LogP) is 3.60. The number of hydrogen-bond donors (Lipinski definition) is 1. The molecule has 9 nitrogen and oxygen atoms in total. The maximum Gasteiger partial charge on any atom is 0.322 e. The Morgan fingerprint density at radius 3 is 2.85 bits per heavy atom. The average Bonchev–Trinajstić information content (AvgIpc) is 3.15. The first-order valence-electron chi connectivity index (χ1n) is 11.3. The minimum absolute atomic E-state index is 0.0235. The van der Waals surface area contributed by atoms with Crippen LogP contribution in [0.4, 0.5) is 10.5 Å². The van der Waals surface area contributed by atoms with Gasteiger partial charge in [0, 0.05) is 37.5 Å². The second kappa shape index (κ2) is 8.31. The van der Waals surface area contributed by atoms with Crippen molar-refractivity contribution in [2.45, 2.75) is 33.2 Å². The highest BCUT2D eigenvalue weighted by Crippen LogP contribution is 2.38. The van der Waals surface area contributed by atoms with Gasteiger partial charge in [0.15, 0.2) is 5.75 Å². The van der Waals surface area contributed by atoms with Crippen molar-refractivity contribution < 1.29 is 19.1 Å². The molecule has 1 saturated heterocycles. The van der Waals surface area contributed by atoms with E-state index < -0.39 is 0 Å². The number of carbonyl (C=O) groups excluding carboxylic acids is 2. The topological polar surface area (TPSA) is 88.4 Å². The fourth-order valence-electron chi connectivity index (χ4n) is 4.34. The van der Waals surface area contributed by atoms with Crippen molar-refractivity contribution >= 4 is 23.1 Å². The van der Waals surface area contributed by atoms with E-state index in [1.54, 1.807) is 33.9 Å². The molecule has 1 atom stereocenters. The molecule has 2 aliphatic heterocycles. The van der Waals surface area contributed by atoms with E-state index in [-0.39, 0.29) is 18.0 Å². The predicted molar refractivity (Wildman–Crippen MR) is 123 cm³/mol. The fraction of sp³-hybridized carbons (Fsp3) is 0.375. The van der Waals surface area contributed by atoms with Crippen molar-refractivity contribution in [3.05, 3.63) is 47.8 Å². The van der Waals surface area contributed by atoms with E-state index in [1.807, 2.05) is 30.9 Å². The fourth-order valence-corrected chi connectivity index (χ4v) is 4.34. The second-order valence-electron chi connectivity index (χ2n) is 8.36. The Morgan fingerprint density at radius 1 is 1.27 bits per heavy atom. The second-order valence-corrected chi connectivity index (χ2v) is 8.36. The number of rotatable bonds is 4. The summed E-state index contributed by atoms with van der Waals surface area (Å²) in [6.07, 6.45) is 4.45. The number of amides is 3. The number of fused-ring (bicyclic) bond motifs is 2. The highest BCUT2D eigenvalue weighted by Gasteiger charge is 2.31. The number of nitrogens with one attached hydrogen (secondary N) is 1. The van der Waals surface area contributed by atoms with E-state index in [2.05, 4.69) is 17.3 Å². The molecule has 3 amide bonds. The number of benzene rings is 1. The van der Waals surface area contributed by atoms with Gasteiger partial charge in [-0.3, -0.25) is 9.69 Å². The molecular formula is C24H27N5O4. The summed E-state index contributed by atoms with van der Waals surface area (Å²) in [7, 11) is 0. The number of likely N-dealkylation sites (tertiary alicyclic amines) is 1. The molecule has 0 radical (unpaired) electrons. The van der Waals surface area contributed by atoms with Crippen LogP contribution in [-0.2, 0) is 0 Å². The number of hydrogen-bond acceptors (Lipinski definition) is 5. The van der Waals surface area contributed by atoms with Gasteiger partial charge in [0.05, 0.1) is 24.0 Å². The Balaban J connectivity index is 1.45. The summed E-state index contributed by atoms with van der Waals surface area (Å²) in [6.45, 7) is 8.10. The summed E-state index contributed by atoms with van der Waals surface area (Å²) in [4.78, 5) is 28.9. The Morgan fingerprint density at radius 2 is 2.12 bits per heavy atom. The molecule has 0 bridgehead atoms. The third kappa shape index (κ3) is 3.63. The summed E-state index contributed by atoms with van der Waals surface area (Å²) in [5, 5.41) is 7.20. The van der Waals surface area contributed by atoms with Crippen molar-refractivity contribution in [3.63, 3.8) is 0 Å². The molecule has 33 heavy (non-hydrogen) atoms. The summed E-state index contributed by atoms with van der Waals surface area (Å²) < 4.78 is 13.7. The lowest BCUT2D eigenvalue weighted by atomic mass is 10.0. The van der Waals surface area contributed by atoms with Gasteiger partial charge in [-0.1, -0.05) is 0 Å². The number of carbonyl (C=O) groups is 2. The lowest BCUT2D eigenvalue weighted by Gasteiger charge is -2.38. The average molecular weight is 450 g/mol. The summed E-state index contributed by atoms with van der Waals surface area (Å²) >= 11 is 0. The molecule has 2 aromatic heterocycles. The number of aryl methyl sites for hydroxylation is 1. The lowest BCUT2D eigenvalue weighted by molar-refractivity contribution is 0.0501. The van der Waals surface area contributed by atoms with Crippen molar-refractivity contribution in [3.8, 4) is 17.2 Å². The van der Waals surface area contributed by atoms with Gasteiger partial charge in [-0.2, -0.15) is 5.10 Å². The van der Waals surface area contributed by atoms with E-state index in [4.69, 9.17) is 9.47 Å². The standard InChI is InChI=1S/C24H27N5O4/c1-4-25-24(31)28-11-12-32-21-13-17(5-6-19(21)28)33-20-7-9-26-29-14-18(16(3)22(20)29)23(30)27-10-8-15(27)2/h5-7,9,13-15H,4,8,10-12H2,1-3H3,(H,25,31). The number of ether oxygens (including phenoxy) is 2. The Labute approximate surface area is 191 Å². The Hall–Kier alpha value is -3.75. The van der Waals surface area contributed by atoms with Crippen LogP contribution in [0, 0.1) is 6.92 Å². The zero-order chi connectivity index (χ0) is 23.1. The maximum absolute atomic E-state index is 13.0. The maximum atomic E-state index is 13.0. The Kier molecular flexibility index (Phi) is 5.32. The highest BCUT2D eigenvalue weighted by molar-refractivity contribution is 5.99. The molecule has 0 saturated carbocycles. The van der Waals surface area contributed by atoms with E-state index in [9.17, 15) is 9.59 Å². The highest BCUT2D eigenvalue weighted by atomic mass is 16.5. The molecule has 1 unspecified atom stereocenters. The van der Waals surface area contributed by atoms with Gasteiger partial charge in [0.25, 0.3) is 5.91 Å². The van der Waals surface area contributed by atoms with Crippen molar-refractivity contribution in [2.24, 2.45) is 0 Å². The molecule has 9 heteroatoms. The normalized spacial score (nSPS) is 17.2. The molecule has 0 aliphatic carbocycles. The zero-order valence-corrected chi connectivity index (χ0v) is 19.0. The van der Waals surface area contributed by atoms with Crippen molar-refractivity contribution in [2.75, 3.05) is 31.1 Å². The number of nitrogens with zero attached hydrogens (tertiary/aromatic N) is 4. The van der Waals surface area contributed by atoms with Gasteiger partial charge in [0.2, 0.25) is 0 Å². The van der Waals surface area contributed by atoms with Crippen LogP contribution in [0.15, 0.2) is 36.7 Å². The first kappa shape index (κ1) is 21.1. The zero-order valence-electron chi connectivity index (χ0n) is 19.0. The first-order chi connectivity index (χ1) is 16.0. The van der Waals surface area contributed by atoms with E-state index >= 15 is 0 Å². The van der Waals surface area contributed by atoms with Gasteiger partial charge in [-0.25, -0.2) is 9.31 Å². The molecule has 1 N–H and O–H groups in total. The van der Waals surface area contributed by atoms with Crippen LogP contribution < -0.4 is 19.7 Å². The number of anilines is 1. The van der Waals surface area contributed by atoms with Crippen LogP contribution >= 0.6 is 0 Å². The molecule has 2 aliphatic rings. The van der Waals surface area contributed by atoms with Crippen LogP contribution in [0.5, 0.6) is 17.2 Å². The first-order valence-corrected chi connectivity index (χ1v) is 11.3. The van der Waals surface area contributed by atoms with Gasteiger partial charge < -0.3 is 19.7 Å². The molecule has 0 spiro atoms. The molecule has 1 fully saturated rings. The summed E-state index contributed by atoms with van der Waals surface area (Å²) in [5.74, 6) is 1.78. The molecule has 5 rings (SSSR count). The van der Waals surface area contributed by atoms with Gasteiger partial charge in [0.1, 0.15) is 23.6 Å². The van der Waals surface area contributed by atoms with Crippen LogP contribution in [0.3, 0.4) is 0 Å². The van der Waals surface area contributed by atoms with E-state index in [0.717, 1.165) is 24.0 Å². The minimum Gasteiger partial charge on any atom is -0.489 e. The third-order valence-corrected chi connectivity index (χ3v) is 6.30. The number of urea groups is 1. The molecule has 3 aromatic rings. The van der Waals surface area contributed by atoms with Crippen LogP contribution in [0.25, 0.3) is 5.52 Å². The monoisotopic (exact) mass is 449 g/mol. The lowest BCUT2D eigenvalue weighted by Crippen LogP contribution is -2.49. The van der Waals surface area contributed by atoms with Crippen molar-refractivity contribution in [1.82, 2.24) is 19.8 Å². The molecule has 1 aromatic carbocycles. The molecule has 4 heterocycles.